The number of rotatable bonds is 3. The summed E-state index contributed by atoms with van der Waals surface area (Å²) in [4.78, 5) is 12.2. The Labute approximate surface area is 112 Å². The number of nitrogens with two attached hydrogens (primary N) is 1. The highest BCUT2D eigenvalue weighted by molar-refractivity contribution is 6.00. The SMILES string of the molecule is CC(NC(=O)c1cc2c(cc1N)OCO2)C1CCC1. The smallest absolute Gasteiger partial charge is 0.253 e. The van der Waals surface area contributed by atoms with E-state index in [2.05, 4.69) is 5.32 Å². The van der Waals surface area contributed by atoms with Gasteiger partial charge >= 0.3 is 0 Å². The Hall–Kier alpha value is -1.91. The molecule has 1 atom stereocenters. The minimum Gasteiger partial charge on any atom is -0.454 e. The summed E-state index contributed by atoms with van der Waals surface area (Å²) in [6.07, 6.45) is 3.65. The molecular formula is C14H18N2O3. The number of ether oxygens (including phenoxy) is 2. The number of hydrogen-bond donors (Lipinski definition) is 2. The molecule has 5 heteroatoms. The van der Waals surface area contributed by atoms with Crippen molar-refractivity contribution in [3.63, 3.8) is 0 Å². The number of nitrogens with one attached hydrogen (secondary N) is 1. The van der Waals surface area contributed by atoms with E-state index in [1.165, 1.54) is 19.3 Å². The van der Waals surface area contributed by atoms with Crippen molar-refractivity contribution in [3.8, 4) is 11.5 Å². The predicted molar refractivity (Wildman–Crippen MR) is 71.2 cm³/mol. The number of hydrogen-bond acceptors (Lipinski definition) is 4. The fraction of sp³-hybridized carbons (Fsp3) is 0.500. The molecule has 1 saturated carbocycles. The summed E-state index contributed by atoms with van der Waals surface area (Å²) in [5.41, 5.74) is 6.77. The fourth-order valence-electron chi connectivity index (χ4n) is 2.50. The molecular weight excluding hydrogens is 244 g/mol. The Bertz CT molecular complexity index is 512. The number of anilines is 1. The normalized spacial score (nSPS) is 18.8. The topological polar surface area (TPSA) is 73.6 Å². The first kappa shape index (κ1) is 12.1. The van der Waals surface area contributed by atoms with Gasteiger partial charge in [0.05, 0.1) is 5.56 Å². The van der Waals surface area contributed by atoms with Gasteiger partial charge < -0.3 is 20.5 Å². The van der Waals surface area contributed by atoms with Gasteiger partial charge in [0.25, 0.3) is 5.91 Å². The largest absolute Gasteiger partial charge is 0.454 e. The number of benzene rings is 1. The maximum absolute atomic E-state index is 12.2. The van der Waals surface area contributed by atoms with Gasteiger partial charge in [-0.05, 0) is 31.7 Å². The van der Waals surface area contributed by atoms with E-state index >= 15 is 0 Å². The third-order valence-corrected chi connectivity index (χ3v) is 4.01. The molecule has 1 aromatic carbocycles. The summed E-state index contributed by atoms with van der Waals surface area (Å²) in [5, 5.41) is 3.01. The van der Waals surface area contributed by atoms with Crippen LogP contribution in [0.4, 0.5) is 5.69 Å². The van der Waals surface area contributed by atoms with Crippen molar-refractivity contribution in [2.24, 2.45) is 5.92 Å². The third-order valence-electron chi connectivity index (χ3n) is 4.01. The average Bonchev–Trinajstić information content (AvgIpc) is 2.71. The van der Waals surface area contributed by atoms with Gasteiger partial charge in [0.1, 0.15) is 0 Å². The zero-order chi connectivity index (χ0) is 13.4. The molecule has 102 valence electrons. The van der Waals surface area contributed by atoms with Gasteiger partial charge in [-0.1, -0.05) is 6.42 Å². The van der Waals surface area contributed by atoms with Crippen molar-refractivity contribution in [3.05, 3.63) is 17.7 Å². The molecule has 1 aromatic rings. The van der Waals surface area contributed by atoms with Crippen LogP contribution in [0.5, 0.6) is 11.5 Å². The Morgan fingerprint density at radius 3 is 2.68 bits per heavy atom. The van der Waals surface area contributed by atoms with Gasteiger partial charge in [-0.3, -0.25) is 4.79 Å². The van der Waals surface area contributed by atoms with Crippen LogP contribution in [0.2, 0.25) is 0 Å². The first-order chi connectivity index (χ1) is 9.15. The number of carbonyl (C=O) groups excluding carboxylic acids is 1. The van der Waals surface area contributed by atoms with E-state index in [4.69, 9.17) is 15.2 Å². The van der Waals surface area contributed by atoms with Crippen LogP contribution in [0.1, 0.15) is 36.5 Å². The van der Waals surface area contributed by atoms with Crippen molar-refractivity contribution in [2.75, 3.05) is 12.5 Å². The quantitative estimate of drug-likeness (QED) is 0.816. The molecule has 0 spiro atoms. The van der Waals surface area contributed by atoms with E-state index in [1.807, 2.05) is 6.92 Å². The number of fused-ring (bicyclic) bond motifs is 1. The van der Waals surface area contributed by atoms with Crippen molar-refractivity contribution in [1.29, 1.82) is 0 Å². The van der Waals surface area contributed by atoms with Gasteiger partial charge in [0.2, 0.25) is 6.79 Å². The number of nitrogen functional groups attached to an aromatic ring is 1. The Kier molecular flexibility index (Phi) is 2.97. The molecule has 3 rings (SSSR count). The van der Waals surface area contributed by atoms with Crippen LogP contribution in [-0.2, 0) is 0 Å². The zero-order valence-corrected chi connectivity index (χ0v) is 10.9. The van der Waals surface area contributed by atoms with E-state index in [1.54, 1.807) is 12.1 Å². The summed E-state index contributed by atoms with van der Waals surface area (Å²) in [6.45, 7) is 2.23. The van der Waals surface area contributed by atoms with E-state index in [-0.39, 0.29) is 18.7 Å². The lowest BCUT2D eigenvalue weighted by Gasteiger charge is -2.32. The van der Waals surface area contributed by atoms with E-state index in [9.17, 15) is 4.79 Å². The van der Waals surface area contributed by atoms with Crippen LogP contribution in [0.3, 0.4) is 0 Å². The predicted octanol–water partition coefficient (Wildman–Crippen LogP) is 1.92. The Morgan fingerprint density at radius 2 is 2.05 bits per heavy atom. The molecule has 0 saturated heterocycles. The summed E-state index contributed by atoms with van der Waals surface area (Å²) >= 11 is 0. The average molecular weight is 262 g/mol. The maximum atomic E-state index is 12.2. The second-order valence-corrected chi connectivity index (χ2v) is 5.25. The molecule has 1 aliphatic carbocycles. The molecule has 19 heavy (non-hydrogen) atoms. The lowest BCUT2D eigenvalue weighted by atomic mass is 9.80. The van der Waals surface area contributed by atoms with Gasteiger partial charge in [0, 0.05) is 17.8 Å². The Balaban J connectivity index is 1.75. The second-order valence-electron chi connectivity index (χ2n) is 5.25. The third kappa shape index (κ3) is 2.20. The molecule has 1 heterocycles. The fourth-order valence-corrected chi connectivity index (χ4v) is 2.50. The van der Waals surface area contributed by atoms with E-state index in [0.29, 0.717) is 28.7 Å². The summed E-state index contributed by atoms with van der Waals surface area (Å²) in [6, 6.07) is 3.48. The summed E-state index contributed by atoms with van der Waals surface area (Å²) in [5.74, 6) is 1.63. The van der Waals surface area contributed by atoms with Crippen molar-refractivity contribution < 1.29 is 14.3 Å². The van der Waals surface area contributed by atoms with Gasteiger partial charge in [0.15, 0.2) is 11.5 Å². The summed E-state index contributed by atoms with van der Waals surface area (Å²) in [7, 11) is 0. The molecule has 0 bridgehead atoms. The summed E-state index contributed by atoms with van der Waals surface area (Å²) < 4.78 is 10.5. The molecule has 5 nitrogen and oxygen atoms in total. The van der Waals surface area contributed by atoms with Gasteiger partial charge in [-0.2, -0.15) is 0 Å². The first-order valence-electron chi connectivity index (χ1n) is 6.65. The lowest BCUT2D eigenvalue weighted by Crippen LogP contribution is -2.40. The molecule has 3 N–H and O–H groups in total. The van der Waals surface area contributed by atoms with Crippen molar-refractivity contribution >= 4 is 11.6 Å². The van der Waals surface area contributed by atoms with Crippen LogP contribution in [0, 0.1) is 5.92 Å². The molecule has 1 amide bonds. The van der Waals surface area contributed by atoms with Gasteiger partial charge in [-0.25, -0.2) is 0 Å². The van der Waals surface area contributed by atoms with Crippen LogP contribution in [-0.4, -0.2) is 18.7 Å². The first-order valence-corrected chi connectivity index (χ1v) is 6.65. The minimum atomic E-state index is -0.143. The standard InChI is InChI=1S/C14H18N2O3/c1-8(9-3-2-4-9)16-14(17)10-5-12-13(6-11(10)15)19-7-18-12/h5-6,8-9H,2-4,7,15H2,1H3,(H,16,17). The monoisotopic (exact) mass is 262 g/mol. The molecule has 1 fully saturated rings. The molecule has 1 unspecified atom stereocenters. The van der Waals surface area contributed by atoms with Crippen LogP contribution >= 0.6 is 0 Å². The highest BCUT2D eigenvalue weighted by atomic mass is 16.7. The van der Waals surface area contributed by atoms with Crippen LogP contribution in [0.15, 0.2) is 12.1 Å². The van der Waals surface area contributed by atoms with Crippen LogP contribution in [0.25, 0.3) is 0 Å². The van der Waals surface area contributed by atoms with Crippen LogP contribution < -0.4 is 20.5 Å². The van der Waals surface area contributed by atoms with Crippen molar-refractivity contribution in [1.82, 2.24) is 5.32 Å². The molecule has 2 aliphatic rings. The minimum absolute atomic E-state index is 0.143. The highest BCUT2D eigenvalue weighted by Crippen LogP contribution is 2.36. The lowest BCUT2D eigenvalue weighted by molar-refractivity contribution is 0.0909. The van der Waals surface area contributed by atoms with E-state index in [0.717, 1.165) is 0 Å². The molecule has 0 aromatic heterocycles. The number of carbonyl (C=O) groups is 1. The Morgan fingerprint density at radius 1 is 1.37 bits per heavy atom. The van der Waals surface area contributed by atoms with Crippen molar-refractivity contribution in [2.45, 2.75) is 32.2 Å². The highest BCUT2D eigenvalue weighted by Gasteiger charge is 2.26. The molecule has 0 radical (unpaired) electrons. The van der Waals surface area contributed by atoms with Gasteiger partial charge in [-0.15, -0.1) is 0 Å². The number of amides is 1. The van der Waals surface area contributed by atoms with E-state index < -0.39 is 0 Å². The zero-order valence-electron chi connectivity index (χ0n) is 10.9. The second kappa shape index (κ2) is 4.64. The maximum Gasteiger partial charge on any atom is 0.253 e. The molecule has 1 aliphatic heterocycles.